The average molecular weight is 361 g/mol. The van der Waals surface area contributed by atoms with Crippen molar-refractivity contribution in [3.05, 3.63) is 22.2 Å². The maximum Gasteiger partial charge on any atom is 0.174 e. The van der Waals surface area contributed by atoms with Crippen molar-refractivity contribution in [3.8, 4) is 11.5 Å². The highest BCUT2D eigenvalue weighted by atomic mass is 79.9. The van der Waals surface area contributed by atoms with Crippen LogP contribution >= 0.6 is 15.9 Å². The second kappa shape index (κ2) is 7.98. The van der Waals surface area contributed by atoms with Gasteiger partial charge in [0.1, 0.15) is 0 Å². The van der Waals surface area contributed by atoms with E-state index < -0.39 is 5.60 Å². The minimum Gasteiger partial charge on any atom is -0.493 e. The van der Waals surface area contributed by atoms with Gasteiger partial charge in [-0.15, -0.1) is 0 Å². The number of ether oxygens (including phenoxy) is 2. The Hall–Kier alpha value is -0.820. The number of hydrogen-bond acceptors (Lipinski definition) is 5. The molecule has 0 aliphatic heterocycles. The van der Waals surface area contributed by atoms with E-state index in [1.807, 2.05) is 38.1 Å². The first-order chi connectivity index (χ1) is 9.79. The average Bonchev–Trinajstić information content (AvgIpc) is 2.36. The molecule has 1 aromatic rings. The first-order valence-corrected chi connectivity index (χ1v) is 7.56. The molecule has 0 fully saturated rings. The predicted molar refractivity (Wildman–Crippen MR) is 88.1 cm³/mol. The Bertz CT molecular complexity index is 464. The van der Waals surface area contributed by atoms with Crippen LogP contribution in [0.15, 0.2) is 16.6 Å². The Morgan fingerprint density at radius 3 is 2.48 bits per heavy atom. The van der Waals surface area contributed by atoms with Gasteiger partial charge in [-0.1, -0.05) is 0 Å². The fourth-order valence-corrected chi connectivity index (χ4v) is 2.94. The van der Waals surface area contributed by atoms with E-state index in [1.165, 1.54) is 0 Å². The summed E-state index contributed by atoms with van der Waals surface area (Å²) in [7, 11) is 7.11. The summed E-state index contributed by atoms with van der Waals surface area (Å²) >= 11 is 3.47. The zero-order valence-corrected chi connectivity index (χ0v) is 15.0. The number of nitrogens with zero attached hydrogens (tertiary/aromatic N) is 1. The summed E-state index contributed by atoms with van der Waals surface area (Å²) in [6, 6.07) is 3.91. The molecule has 1 atom stereocenters. The Morgan fingerprint density at radius 2 is 1.95 bits per heavy atom. The fourth-order valence-electron chi connectivity index (χ4n) is 2.29. The largest absolute Gasteiger partial charge is 0.493 e. The fraction of sp³-hybridized carbons (Fsp3) is 0.600. The van der Waals surface area contributed by atoms with Gasteiger partial charge >= 0.3 is 0 Å². The molecule has 6 heteroatoms. The van der Waals surface area contributed by atoms with Gasteiger partial charge in [-0.05, 0) is 54.6 Å². The van der Waals surface area contributed by atoms with E-state index in [0.29, 0.717) is 31.1 Å². The highest BCUT2D eigenvalue weighted by Gasteiger charge is 2.20. The number of rotatable bonds is 8. The highest BCUT2D eigenvalue weighted by molar-refractivity contribution is 9.10. The number of likely N-dealkylation sites (N-methyl/N-ethyl adjacent to an activating group) is 1. The predicted octanol–water partition coefficient (Wildman–Crippen LogP) is 1.87. The standard InChI is InChI=1S/C15H25BrN2O3/c1-15(19,10-18(2)3)9-17-8-11-6-12(16)14(21-5)13(7-11)20-4/h6-7,17,19H,8-10H2,1-5H3. The Morgan fingerprint density at radius 1 is 1.29 bits per heavy atom. The van der Waals surface area contributed by atoms with E-state index in [4.69, 9.17) is 9.47 Å². The molecule has 2 N–H and O–H groups in total. The zero-order valence-electron chi connectivity index (χ0n) is 13.4. The third-order valence-electron chi connectivity index (χ3n) is 2.99. The van der Waals surface area contributed by atoms with Gasteiger partial charge in [-0.3, -0.25) is 0 Å². The molecule has 0 aromatic heterocycles. The lowest BCUT2D eigenvalue weighted by molar-refractivity contribution is 0.0336. The van der Waals surface area contributed by atoms with Crippen LogP contribution in [0, 0.1) is 0 Å². The summed E-state index contributed by atoms with van der Waals surface area (Å²) in [6.07, 6.45) is 0. The van der Waals surface area contributed by atoms with E-state index in [2.05, 4.69) is 21.2 Å². The van der Waals surface area contributed by atoms with Crippen LogP contribution in [0.25, 0.3) is 0 Å². The number of benzene rings is 1. The van der Waals surface area contributed by atoms with Gasteiger partial charge in [-0.2, -0.15) is 0 Å². The maximum atomic E-state index is 10.2. The van der Waals surface area contributed by atoms with Crippen molar-refractivity contribution in [3.63, 3.8) is 0 Å². The van der Waals surface area contributed by atoms with Crippen molar-refractivity contribution in [2.45, 2.75) is 19.1 Å². The van der Waals surface area contributed by atoms with Crippen LogP contribution in [0.1, 0.15) is 12.5 Å². The lowest BCUT2D eigenvalue weighted by atomic mass is 10.1. The smallest absolute Gasteiger partial charge is 0.174 e. The summed E-state index contributed by atoms with van der Waals surface area (Å²) in [5, 5.41) is 13.5. The molecule has 0 saturated carbocycles. The molecule has 120 valence electrons. The molecule has 0 amide bonds. The first-order valence-electron chi connectivity index (χ1n) is 6.77. The van der Waals surface area contributed by atoms with E-state index in [0.717, 1.165) is 10.0 Å². The van der Waals surface area contributed by atoms with Crippen LogP contribution in [0.2, 0.25) is 0 Å². The monoisotopic (exact) mass is 360 g/mol. The van der Waals surface area contributed by atoms with Crippen LogP contribution in [0.4, 0.5) is 0 Å². The van der Waals surface area contributed by atoms with Crippen molar-refractivity contribution in [1.29, 1.82) is 0 Å². The van der Waals surface area contributed by atoms with Gasteiger partial charge in [0.15, 0.2) is 11.5 Å². The third kappa shape index (κ3) is 5.82. The molecule has 0 saturated heterocycles. The maximum absolute atomic E-state index is 10.2. The van der Waals surface area contributed by atoms with Gasteiger partial charge in [0.2, 0.25) is 0 Å². The van der Waals surface area contributed by atoms with Crippen LogP contribution in [-0.4, -0.2) is 57.0 Å². The molecule has 1 rings (SSSR count). The van der Waals surface area contributed by atoms with Crippen molar-refractivity contribution >= 4 is 15.9 Å². The van der Waals surface area contributed by atoms with Crippen LogP contribution < -0.4 is 14.8 Å². The van der Waals surface area contributed by atoms with E-state index in [1.54, 1.807) is 14.2 Å². The molecule has 0 heterocycles. The second-order valence-electron chi connectivity index (χ2n) is 5.65. The van der Waals surface area contributed by atoms with Crippen LogP contribution in [0.3, 0.4) is 0 Å². The highest BCUT2D eigenvalue weighted by Crippen LogP contribution is 2.36. The van der Waals surface area contributed by atoms with Crippen molar-refractivity contribution in [2.24, 2.45) is 0 Å². The number of methoxy groups -OCH3 is 2. The third-order valence-corrected chi connectivity index (χ3v) is 3.57. The molecule has 0 spiro atoms. The topological polar surface area (TPSA) is 54.0 Å². The summed E-state index contributed by atoms with van der Waals surface area (Å²) in [6.45, 7) is 3.58. The second-order valence-corrected chi connectivity index (χ2v) is 6.51. The van der Waals surface area contributed by atoms with Crippen LogP contribution in [0.5, 0.6) is 11.5 Å². The lowest BCUT2D eigenvalue weighted by Crippen LogP contribution is -2.45. The van der Waals surface area contributed by atoms with Gasteiger partial charge in [0.05, 0.1) is 24.3 Å². The summed E-state index contributed by atoms with van der Waals surface area (Å²) < 4.78 is 11.5. The Labute approximate surface area is 135 Å². The Balaban J connectivity index is 2.66. The van der Waals surface area contributed by atoms with Gasteiger partial charge in [-0.25, -0.2) is 0 Å². The summed E-state index contributed by atoms with van der Waals surface area (Å²) in [5.41, 5.74) is 0.289. The number of halogens is 1. The molecule has 0 aliphatic carbocycles. The zero-order chi connectivity index (χ0) is 16.0. The van der Waals surface area contributed by atoms with Crippen molar-refractivity contribution in [2.75, 3.05) is 41.4 Å². The quantitative estimate of drug-likeness (QED) is 0.741. The van der Waals surface area contributed by atoms with Gasteiger partial charge in [0.25, 0.3) is 0 Å². The molecular weight excluding hydrogens is 336 g/mol. The molecule has 1 aromatic carbocycles. The number of nitrogens with one attached hydrogen (secondary N) is 1. The summed E-state index contributed by atoms with van der Waals surface area (Å²) in [4.78, 5) is 1.97. The molecule has 1 unspecified atom stereocenters. The minimum absolute atomic E-state index is 0.511. The molecule has 0 radical (unpaired) electrons. The van der Waals surface area contributed by atoms with E-state index in [9.17, 15) is 5.11 Å². The Kier molecular flexibility index (Phi) is 6.93. The van der Waals surface area contributed by atoms with E-state index in [-0.39, 0.29) is 0 Å². The molecule has 0 bridgehead atoms. The minimum atomic E-state index is -0.767. The van der Waals surface area contributed by atoms with E-state index >= 15 is 0 Å². The molecule has 21 heavy (non-hydrogen) atoms. The number of hydrogen-bond donors (Lipinski definition) is 2. The van der Waals surface area contributed by atoms with Gasteiger partial charge < -0.3 is 24.8 Å². The molecule has 5 nitrogen and oxygen atoms in total. The van der Waals surface area contributed by atoms with Crippen molar-refractivity contribution < 1.29 is 14.6 Å². The normalized spacial score (nSPS) is 14.1. The van der Waals surface area contributed by atoms with Gasteiger partial charge in [0, 0.05) is 19.6 Å². The van der Waals surface area contributed by atoms with Crippen LogP contribution in [-0.2, 0) is 6.54 Å². The summed E-state index contributed by atoms with van der Waals surface area (Å²) in [5.74, 6) is 1.37. The SMILES string of the molecule is COc1cc(CNCC(C)(O)CN(C)C)cc(Br)c1OC. The molecular formula is C15H25BrN2O3. The lowest BCUT2D eigenvalue weighted by Gasteiger charge is -2.27. The number of aliphatic hydroxyl groups is 1. The molecule has 0 aliphatic rings. The first kappa shape index (κ1) is 18.2. The van der Waals surface area contributed by atoms with Crippen molar-refractivity contribution in [1.82, 2.24) is 10.2 Å².